The van der Waals surface area contributed by atoms with Crippen LogP contribution in [0, 0.1) is 11.8 Å². The van der Waals surface area contributed by atoms with Gasteiger partial charge in [-0.25, -0.2) is 0 Å². The Hall–Kier alpha value is -2.70. The van der Waals surface area contributed by atoms with Crippen LogP contribution in [0.25, 0.3) is 5.57 Å². The number of hydrogen-bond donors (Lipinski definition) is 1. The van der Waals surface area contributed by atoms with Gasteiger partial charge in [0.15, 0.2) is 5.11 Å². The number of rotatable bonds is 4. The van der Waals surface area contributed by atoms with Crippen LogP contribution >= 0.6 is 23.8 Å². The van der Waals surface area contributed by atoms with E-state index < -0.39 is 0 Å². The number of amides is 2. The molecule has 2 aliphatic heterocycles. The second kappa shape index (κ2) is 9.88. The molecule has 34 heavy (non-hydrogen) atoms. The topological polar surface area (TPSA) is 52.7 Å². The zero-order valence-corrected chi connectivity index (χ0v) is 20.5. The summed E-state index contributed by atoms with van der Waals surface area (Å²) in [6.07, 6.45) is 5.13. The number of carbonyl (C=O) groups excluding carboxylic acids is 2. The van der Waals surface area contributed by atoms with Crippen molar-refractivity contribution in [2.45, 2.75) is 38.3 Å². The molecule has 2 aromatic rings. The Morgan fingerprint density at radius 3 is 2.56 bits per heavy atom. The Balaban J connectivity index is 1.20. The fraction of sp³-hybridized carbons (Fsp3) is 0.370. The van der Waals surface area contributed by atoms with Crippen molar-refractivity contribution in [1.82, 2.24) is 15.1 Å². The molecule has 2 heterocycles. The summed E-state index contributed by atoms with van der Waals surface area (Å²) in [5.74, 6) is 0.0430. The van der Waals surface area contributed by atoms with E-state index in [1.54, 1.807) is 4.90 Å². The molecule has 1 saturated carbocycles. The van der Waals surface area contributed by atoms with E-state index in [0.717, 1.165) is 24.9 Å². The van der Waals surface area contributed by atoms with Gasteiger partial charge in [0, 0.05) is 30.1 Å². The molecular formula is C27H28ClN3O2S. The lowest BCUT2D eigenvalue weighted by atomic mass is 9.76. The summed E-state index contributed by atoms with van der Waals surface area (Å²) in [7, 11) is 0. The number of halogens is 1. The Bertz CT molecular complexity index is 1120. The minimum Gasteiger partial charge on any atom is -0.359 e. The molecule has 3 unspecified atom stereocenters. The minimum atomic E-state index is -0.144. The molecule has 5 rings (SSSR count). The van der Waals surface area contributed by atoms with Crippen molar-refractivity contribution in [3.8, 4) is 0 Å². The fourth-order valence-electron chi connectivity index (χ4n) is 5.35. The second-order valence-corrected chi connectivity index (χ2v) is 10.2. The molecule has 7 heteroatoms. The van der Waals surface area contributed by atoms with Crippen LogP contribution in [0.1, 0.15) is 36.8 Å². The molecule has 0 radical (unpaired) electrons. The lowest BCUT2D eigenvalue weighted by Gasteiger charge is -2.44. The first kappa shape index (κ1) is 23.1. The summed E-state index contributed by atoms with van der Waals surface area (Å²) < 4.78 is 0. The Labute approximate surface area is 210 Å². The molecule has 1 aliphatic carbocycles. The van der Waals surface area contributed by atoms with Gasteiger partial charge in [0.25, 0.3) is 0 Å². The molecule has 2 amide bonds. The first-order valence-electron chi connectivity index (χ1n) is 11.9. The minimum absolute atomic E-state index is 0.0583. The first-order valence-corrected chi connectivity index (χ1v) is 12.7. The third-order valence-corrected chi connectivity index (χ3v) is 7.85. The first-order chi connectivity index (χ1) is 16.5. The molecule has 3 atom stereocenters. The number of fused-ring (bicyclic) bond motifs is 1. The maximum Gasteiger partial charge on any atom is 0.234 e. The van der Waals surface area contributed by atoms with Crippen LogP contribution in [0.4, 0.5) is 0 Å². The van der Waals surface area contributed by atoms with Gasteiger partial charge in [-0.3, -0.25) is 14.5 Å². The van der Waals surface area contributed by atoms with E-state index in [4.69, 9.17) is 23.8 Å². The van der Waals surface area contributed by atoms with Gasteiger partial charge in [0.1, 0.15) is 0 Å². The average Bonchev–Trinajstić information content (AvgIpc) is 2.87. The van der Waals surface area contributed by atoms with Crippen LogP contribution in [0.5, 0.6) is 0 Å². The Morgan fingerprint density at radius 2 is 1.85 bits per heavy atom. The molecule has 0 bridgehead atoms. The highest BCUT2D eigenvalue weighted by Gasteiger charge is 2.44. The summed E-state index contributed by atoms with van der Waals surface area (Å²) in [6, 6.07) is 17.7. The highest BCUT2D eigenvalue weighted by atomic mass is 35.5. The Morgan fingerprint density at radius 1 is 1.09 bits per heavy atom. The van der Waals surface area contributed by atoms with Crippen molar-refractivity contribution in [2.24, 2.45) is 11.8 Å². The summed E-state index contributed by atoms with van der Waals surface area (Å²) in [5.41, 5.74) is 3.52. The average molecular weight is 494 g/mol. The summed E-state index contributed by atoms with van der Waals surface area (Å²) in [4.78, 5) is 30.2. The van der Waals surface area contributed by atoms with Gasteiger partial charge >= 0.3 is 0 Å². The third kappa shape index (κ3) is 4.75. The molecule has 1 saturated heterocycles. The number of carbonyl (C=O) groups is 2. The number of nitrogens with zero attached hydrogens (tertiary/aromatic N) is 2. The van der Waals surface area contributed by atoms with E-state index >= 15 is 0 Å². The zero-order chi connectivity index (χ0) is 23.7. The highest BCUT2D eigenvalue weighted by molar-refractivity contribution is 7.80. The predicted octanol–water partition coefficient (Wildman–Crippen LogP) is 4.66. The molecule has 0 spiro atoms. The van der Waals surface area contributed by atoms with Gasteiger partial charge in [0.05, 0.1) is 12.5 Å². The lowest BCUT2D eigenvalue weighted by Crippen LogP contribution is -2.61. The van der Waals surface area contributed by atoms with E-state index in [0.29, 0.717) is 36.1 Å². The van der Waals surface area contributed by atoms with Crippen molar-refractivity contribution in [3.05, 3.63) is 76.8 Å². The number of nitrogens with one attached hydrogen (secondary N) is 1. The molecule has 1 N–H and O–H groups in total. The van der Waals surface area contributed by atoms with Gasteiger partial charge < -0.3 is 10.2 Å². The van der Waals surface area contributed by atoms with E-state index in [1.165, 1.54) is 11.1 Å². The van der Waals surface area contributed by atoms with Crippen molar-refractivity contribution in [2.75, 3.05) is 13.1 Å². The predicted molar refractivity (Wildman–Crippen MR) is 138 cm³/mol. The SMILES string of the molecule is O=C(C1CCC2C(=O)N(Cc3ccc(Cl)cc3)C(=S)NC2C1)N1CC=C(c2ccccc2)CC1. The van der Waals surface area contributed by atoms with Gasteiger partial charge in [0.2, 0.25) is 11.8 Å². The van der Waals surface area contributed by atoms with Crippen LogP contribution < -0.4 is 5.32 Å². The summed E-state index contributed by atoms with van der Waals surface area (Å²) in [6.45, 7) is 1.81. The maximum absolute atomic E-state index is 13.3. The fourth-order valence-corrected chi connectivity index (χ4v) is 5.78. The van der Waals surface area contributed by atoms with Crippen LogP contribution in [0.3, 0.4) is 0 Å². The van der Waals surface area contributed by atoms with Crippen LogP contribution in [-0.2, 0) is 16.1 Å². The summed E-state index contributed by atoms with van der Waals surface area (Å²) in [5, 5.41) is 4.49. The van der Waals surface area contributed by atoms with Gasteiger partial charge in [-0.2, -0.15) is 0 Å². The van der Waals surface area contributed by atoms with Crippen LogP contribution in [-0.4, -0.2) is 45.9 Å². The van der Waals surface area contributed by atoms with Gasteiger partial charge in [-0.05, 0) is 66.7 Å². The van der Waals surface area contributed by atoms with E-state index in [1.807, 2.05) is 47.4 Å². The number of thiocarbonyl (C=S) groups is 1. The Kier molecular flexibility index (Phi) is 6.70. The normalized spacial score (nSPS) is 24.9. The van der Waals surface area contributed by atoms with Gasteiger partial charge in [-0.1, -0.05) is 60.1 Å². The molecule has 0 aromatic heterocycles. The molecule has 3 aliphatic rings. The molecule has 2 fully saturated rings. The van der Waals surface area contributed by atoms with Crippen molar-refractivity contribution < 1.29 is 9.59 Å². The standard InChI is InChI=1S/C27H28ClN3O2S/c28-22-9-6-18(7-10-22)17-31-26(33)23-11-8-21(16-24(23)29-27(31)34)25(32)30-14-12-20(13-15-30)19-4-2-1-3-5-19/h1-7,9-10,12,21,23-24H,8,11,13-17H2,(H,29,34). The van der Waals surface area contributed by atoms with Crippen molar-refractivity contribution >= 4 is 46.3 Å². The highest BCUT2D eigenvalue weighted by Crippen LogP contribution is 2.35. The smallest absolute Gasteiger partial charge is 0.234 e. The maximum atomic E-state index is 13.3. The zero-order valence-electron chi connectivity index (χ0n) is 19.0. The van der Waals surface area contributed by atoms with Crippen LogP contribution in [0.2, 0.25) is 5.02 Å². The lowest BCUT2D eigenvalue weighted by molar-refractivity contribution is -0.141. The molecule has 176 valence electrons. The van der Waals surface area contributed by atoms with Crippen molar-refractivity contribution in [1.29, 1.82) is 0 Å². The second-order valence-electron chi connectivity index (χ2n) is 9.35. The van der Waals surface area contributed by atoms with Crippen molar-refractivity contribution in [3.63, 3.8) is 0 Å². The quantitative estimate of drug-likeness (QED) is 0.629. The van der Waals surface area contributed by atoms with E-state index in [2.05, 4.69) is 23.5 Å². The van der Waals surface area contributed by atoms with E-state index in [-0.39, 0.29) is 29.7 Å². The number of benzene rings is 2. The third-order valence-electron chi connectivity index (χ3n) is 7.26. The number of hydrogen-bond acceptors (Lipinski definition) is 3. The van der Waals surface area contributed by atoms with Crippen LogP contribution in [0.15, 0.2) is 60.7 Å². The van der Waals surface area contributed by atoms with Gasteiger partial charge in [-0.15, -0.1) is 0 Å². The summed E-state index contributed by atoms with van der Waals surface area (Å²) >= 11 is 11.5. The molecule has 5 nitrogen and oxygen atoms in total. The monoisotopic (exact) mass is 493 g/mol. The molecule has 2 aromatic carbocycles. The van der Waals surface area contributed by atoms with E-state index in [9.17, 15) is 9.59 Å². The largest absolute Gasteiger partial charge is 0.359 e. The molecular weight excluding hydrogens is 466 g/mol.